The Bertz CT molecular complexity index is 1050. The van der Waals surface area contributed by atoms with E-state index in [0.29, 0.717) is 33.9 Å². The van der Waals surface area contributed by atoms with Gasteiger partial charge < -0.3 is 19.9 Å². The maximum Gasteiger partial charge on any atom is 0.333 e. The first-order valence-electron chi connectivity index (χ1n) is 8.25. The summed E-state index contributed by atoms with van der Waals surface area (Å²) in [4.78, 5) is 35.7. The highest BCUT2D eigenvalue weighted by Gasteiger charge is 2.12. The molecule has 2 aromatic rings. The molecule has 9 heteroatoms. The van der Waals surface area contributed by atoms with Crippen LogP contribution in [0.5, 0.6) is 11.5 Å². The van der Waals surface area contributed by atoms with Gasteiger partial charge in [-0.2, -0.15) is 0 Å². The molecule has 8 nitrogen and oxygen atoms in total. The van der Waals surface area contributed by atoms with Crippen LogP contribution in [0.1, 0.15) is 12.5 Å². The van der Waals surface area contributed by atoms with E-state index in [1.54, 1.807) is 31.2 Å². The van der Waals surface area contributed by atoms with E-state index < -0.39 is 17.4 Å². The molecule has 0 radical (unpaired) electrons. The van der Waals surface area contributed by atoms with Crippen molar-refractivity contribution in [2.45, 2.75) is 13.5 Å². The monoisotopic (exact) mass is 390 g/mol. The number of thiazole rings is 1. The molecule has 142 valence electrons. The third-order valence-electron chi connectivity index (χ3n) is 3.64. The number of aromatic nitrogens is 1. The minimum atomic E-state index is -0.681. The number of carbonyl (C=O) groups excluding carboxylic acids is 2. The second-order valence-corrected chi connectivity index (χ2v) is 6.67. The number of carbonyl (C=O) groups is 2. The summed E-state index contributed by atoms with van der Waals surface area (Å²) in [6.07, 6.45) is 2.84. The first-order valence-corrected chi connectivity index (χ1v) is 9.07. The van der Waals surface area contributed by atoms with Crippen molar-refractivity contribution in [2.75, 3.05) is 19.8 Å². The van der Waals surface area contributed by atoms with E-state index >= 15 is 0 Å². The summed E-state index contributed by atoms with van der Waals surface area (Å²) < 4.78 is 17.7. The zero-order valence-electron chi connectivity index (χ0n) is 14.6. The van der Waals surface area contributed by atoms with Gasteiger partial charge >= 0.3 is 5.97 Å². The lowest BCUT2D eigenvalue weighted by molar-refractivity contribution is -0.135. The van der Waals surface area contributed by atoms with Gasteiger partial charge in [-0.15, -0.1) is 11.3 Å². The average Bonchev–Trinajstić information content (AvgIpc) is 2.90. The first kappa shape index (κ1) is 18.7. The largest absolute Gasteiger partial charge is 0.486 e. The smallest absolute Gasteiger partial charge is 0.333 e. The predicted molar refractivity (Wildman–Crippen MR) is 99.1 cm³/mol. The zero-order chi connectivity index (χ0) is 19.4. The molecule has 1 aliphatic rings. The Morgan fingerprint density at radius 2 is 2.04 bits per heavy atom. The number of esters is 1. The highest BCUT2D eigenvalue weighted by atomic mass is 32.1. The molecule has 0 saturated carbocycles. The van der Waals surface area contributed by atoms with Crippen molar-refractivity contribution >= 4 is 35.4 Å². The lowest BCUT2D eigenvalue weighted by atomic mass is 10.2. The van der Waals surface area contributed by atoms with Crippen LogP contribution in [0.25, 0.3) is 12.2 Å². The third-order valence-corrected chi connectivity index (χ3v) is 4.70. The summed E-state index contributed by atoms with van der Waals surface area (Å²) in [6, 6.07) is 5.32. The zero-order valence-corrected chi connectivity index (χ0v) is 15.4. The molecule has 0 aliphatic carbocycles. The lowest BCUT2D eigenvalue weighted by Crippen LogP contribution is -2.36. The van der Waals surface area contributed by atoms with Crippen LogP contribution >= 0.6 is 11.3 Å². The average molecular weight is 390 g/mol. The number of hydrogen-bond donors (Lipinski definition) is 1. The minimum absolute atomic E-state index is 0.205. The van der Waals surface area contributed by atoms with Crippen LogP contribution in [0.2, 0.25) is 0 Å². The topological polar surface area (TPSA) is 110 Å². The van der Waals surface area contributed by atoms with Crippen molar-refractivity contribution in [3.05, 3.63) is 43.3 Å². The molecule has 0 bridgehead atoms. The van der Waals surface area contributed by atoms with E-state index in [1.807, 2.05) is 0 Å². The standard InChI is InChI=1S/C18H18N2O6S/c1-2-24-17(22)9-16-20(10-15(19)21)18(23)14(27-16)8-11-3-4-12-13(7-11)26-6-5-25-12/h3-4,7-9H,2,5-6,10H2,1H3,(H2,19,21). The van der Waals surface area contributed by atoms with Crippen molar-refractivity contribution in [1.82, 2.24) is 4.57 Å². The summed E-state index contributed by atoms with van der Waals surface area (Å²) in [7, 11) is 0. The van der Waals surface area contributed by atoms with Gasteiger partial charge in [0.05, 0.1) is 17.2 Å². The molecule has 0 atom stereocenters. The van der Waals surface area contributed by atoms with Gasteiger partial charge in [0, 0.05) is 0 Å². The molecule has 1 aromatic carbocycles. The molecule has 1 aromatic heterocycles. The van der Waals surface area contributed by atoms with Gasteiger partial charge in [-0.05, 0) is 30.7 Å². The van der Waals surface area contributed by atoms with E-state index in [-0.39, 0.29) is 13.2 Å². The van der Waals surface area contributed by atoms with Crippen molar-refractivity contribution < 1.29 is 23.8 Å². The van der Waals surface area contributed by atoms with Crippen LogP contribution in [-0.2, 0) is 20.9 Å². The number of hydrogen-bond acceptors (Lipinski definition) is 7. The van der Waals surface area contributed by atoms with E-state index in [2.05, 4.69) is 0 Å². The maximum absolute atomic E-state index is 12.7. The van der Waals surface area contributed by atoms with E-state index in [9.17, 15) is 14.4 Å². The Morgan fingerprint density at radius 3 is 2.74 bits per heavy atom. The second kappa shape index (κ2) is 8.09. The molecule has 0 saturated heterocycles. The molecule has 0 spiro atoms. The third kappa shape index (κ3) is 4.37. The summed E-state index contributed by atoms with van der Waals surface area (Å²) in [5.74, 6) is -0.0310. The number of fused-ring (bicyclic) bond motifs is 1. The molecule has 0 fully saturated rings. The van der Waals surface area contributed by atoms with Crippen LogP contribution in [0.15, 0.2) is 23.0 Å². The molecule has 1 amide bonds. The quantitative estimate of drug-likeness (QED) is 0.679. The Balaban J connectivity index is 2.09. The van der Waals surface area contributed by atoms with Crippen molar-refractivity contribution in [1.29, 1.82) is 0 Å². The summed E-state index contributed by atoms with van der Waals surface area (Å²) >= 11 is 1.07. The molecule has 3 rings (SSSR count). The molecule has 2 N–H and O–H groups in total. The normalized spacial score (nSPS) is 14.3. The number of primary amides is 1. The Morgan fingerprint density at radius 1 is 1.30 bits per heavy atom. The van der Waals surface area contributed by atoms with Gasteiger partial charge in [-0.25, -0.2) is 4.79 Å². The number of nitrogens with two attached hydrogens (primary N) is 1. The number of amides is 1. The van der Waals surface area contributed by atoms with Crippen LogP contribution in [-0.4, -0.2) is 36.3 Å². The van der Waals surface area contributed by atoms with Gasteiger partial charge in [-0.3, -0.25) is 14.2 Å². The molecule has 27 heavy (non-hydrogen) atoms. The fourth-order valence-electron chi connectivity index (χ4n) is 2.53. The number of benzene rings is 1. The Kier molecular flexibility index (Phi) is 5.60. The SMILES string of the molecule is CCOC(=O)C=c1sc(=Cc2ccc3c(c2)OCCO3)c(=O)n1CC(N)=O. The maximum atomic E-state index is 12.7. The van der Waals surface area contributed by atoms with Crippen LogP contribution in [0.4, 0.5) is 0 Å². The van der Waals surface area contributed by atoms with Gasteiger partial charge in [-0.1, -0.05) is 6.07 Å². The van der Waals surface area contributed by atoms with Gasteiger partial charge in [0.25, 0.3) is 5.56 Å². The Labute approximate surface area is 158 Å². The first-order chi connectivity index (χ1) is 13.0. The number of rotatable bonds is 5. The van der Waals surface area contributed by atoms with E-state index in [0.717, 1.165) is 21.5 Å². The van der Waals surface area contributed by atoms with Crippen molar-refractivity contribution in [3.8, 4) is 11.5 Å². The van der Waals surface area contributed by atoms with E-state index in [1.165, 1.54) is 6.08 Å². The highest BCUT2D eigenvalue weighted by Crippen LogP contribution is 2.30. The van der Waals surface area contributed by atoms with Crippen LogP contribution in [0.3, 0.4) is 0 Å². The molecule has 0 unspecified atom stereocenters. The fraction of sp³-hybridized carbons (Fsp3) is 0.278. The van der Waals surface area contributed by atoms with E-state index in [4.69, 9.17) is 19.9 Å². The molecule has 1 aliphatic heterocycles. The summed E-state index contributed by atoms with van der Waals surface area (Å²) in [6.45, 7) is 2.51. The lowest BCUT2D eigenvalue weighted by Gasteiger charge is -2.18. The van der Waals surface area contributed by atoms with Crippen LogP contribution in [0, 0.1) is 0 Å². The minimum Gasteiger partial charge on any atom is -0.486 e. The predicted octanol–water partition coefficient (Wildman–Crippen LogP) is -0.661. The highest BCUT2D eigenvalue weighted by molar-refractivity contribution is 7.07. The van der Waals surface area contributed by atoms with Crippen molar-refractivity contribution in [2.24, 2.45) is 5.73 Å². The summed E-state index contributed by atoms with van der Waals surface area (Å²) in [5, 5.41) is 0. The fourth-order valence-corrected chi connectivity index (χ4v) is 3.57. The molecular formula is C18H18N2O6S. The molecular weight excluding hydrogens is 372 g/mol. The van der Waals surface area contributed by atoms with Gasteiger partial charge in [0.15, 0.2) is 11.5 Å². The van der Waals surface area contributed by atoms with Gasteiger partial charge in [0.1, 0.15) is 24.4 Å². The second-order valence-electron chi connectivity index (χ2n) is 5.61. The summed E-state index contributed by atoms with van der Waals surface area (Å²) in [5.41, 5.74) is 5.54. The Hall–Kier alpha value is -3.07. The number of nitrogens with zero attached hydrogens (tertiary/aromatic N) is 1. The van der Waals surface area contributed by atoms with Crippen LogP contribution < -0.4 is 30.0 Å². The number of ether oxygens (including phenoxy) is 3. The molecule has 2 heterocycles. The van der Waals surface area contributed by atoms with Crippen molar-refractivity contribution in [3.63, 3.8) is 0 Å². The van der Waals surface area contributed by atoms with Gasteiger partial charge in [0.2, 0.25) is 5.91 Å².